The highest BCUT2D eigenvalue weighted by Crippen LogP contribution is 2.44. The van der Waals surface area contributed by atoms with Crippen LogP contribution in [0.2, 0.25) is 0 Å². The van der Waals surface area contributed by atoms with Gasteiger partial charge in [-0.3, -0.25) is 0 Å². The van der Waals surface area contributed by atoms with E-state index >= 15 is 0 Å². The van der Waals surface area contributed by atoms with Crippen LogP contribution in [0.25, 0.3) is 0 Å². The van der Waals surface area contributed by atoms with Crippen LogP contribution in [0, 0.1) is 11.3 Å². The van der Waals surface area contributed by atoms with Gasteiger partial charge in [0, 0.05) is 12.6 Å². The molecule has 1 aliphatic rings. The van der Waals surface area contributed by atoms with Gasteiger partial charge in [-0.2, -0.15) is 0 Å². The number of hydrogen-bond acceptors (Lipinski definition) is 2. The highest BCUT2D eigenvalue weighted by molar-refractivity contribution is 4.98. The van der Waals surface area contributed by atoms with Crippen LogP contribution in [0.4, 0.5) is 0 Å². The van der Waals surface area contributed by atoms with E-state index in [1.54, 1.807) is 0 Å². The Morgan fingerprint density at radius 1 is 1.00 bits per heavy atom. The van der Waals surface area contributed by atoms with Crippen LogP contribution < -0.4 is 5.32 Å². The molecule has 1 unspecified atom stereocenters. The lowest BCUT2D eigenvalue weighted by atomic mass is 9.67. The first-order chi connectivity index (χ1) is 9.35. The molecule has 0 aromatic rings. The summed E-state index contributed by atoms with van der Waals surface area (Å²) in [6.07, 6.45) is 7.53. The van der Waals surface area contributed by atoms with E-state index in [1.807, 2.05) is 0 Å². The maximum atomic E-state index is 6.35. The minimum Gasteiger partial charge on any atom is -0.374 e. The summed E-state index contributed by atoms with van der Waals surface area (Å²) in [5, 5.41) is 3.74. The normalized spacial score (nSPS) is 22.9. The van der Waals surface area contributed by atoms with E-state index in [4.69, 9.17) is 4.74 Å². The average Bonchev–Trinajstić information content (AvgIpc) is 2.37. The predicted octanol–water partition coefficient (Wildman–Crippen LogP) is 4.78. The molecule has 2 heteroatoms. The van der Waals surface area contributed by atoms with Crippen LogP contribution in [0.1, 0.15) is 80.1 Å². The molecule has 1 N–H and O–H groups in total. The molecule has 20 heavy (non-hydrogen) atoms. The first-order valence-corrected chi connectivity index (χ1v) is 8.72. The number of ether oxygens (including phenoxy) is 1. The highest BCUT2D eigenvalue weighted by atomic mass is 16.5. The van der Waals surface area contributed by atoms with Crippen molar-refractivity contribution in [3.05, 3.63) is 0 Å². The van der Waals surface area contributed by atoms with Crippen LogP contribution in [-0.2, 0) is 4.74 Å². The summed E-state index contributed by atoms with van der Waals surface area (Å²) in [5.74, 6) is 0.773. The molecule has 0 bridgehead atoms. The Kier molecular flexibility index (Phi) is 7.00. The fraction of sp³-hybridized carbons (Fsp3) is 1.00. The summed E-state index contributed by atoms with van der Waals surface area (Å²) >= 11 is 0. The van der Waals surface area contributed by atoms with Crippen LogP contribution in [0.5, 0.6) is 0 Å². The zero-order chi connectivity index (χ0) is 15.2. The third-order valence-electron chi connectivity index (χ3n) is 5.00. The molecule has 0 aromatic heterocycles. The second-order valence-corrected chi connectivity index (χ2v) is 7.74. The Bertz CT molecular complexity index is 263. The summed E-state index contributed by atoms with van der Waals surface area (Å²) in [4.78, 5) is 0. The molecule has 2 nitrogen and oxygen atoms in total. The summed E-state index contributed by atoms with van der Waals surface area (Å²) in [6.45, 7) is 15.7. The summed E-state index contributed by atoms with van der Waals surface area (Å²) < 4.78 is 6.35. The number of likely N-dealkylation sites (N-methyl/N-ethyl adjacent to an activating group) is 1. The van der Waals surface area contributed by atoms with E-state index in [2.05, 4.69) is 46.9 Å². The second kappa shape index (κ2) is 7.79. The Balaban J connectivity index is 2.78. The van der Waals surface area contributed by atoms with Crippen molar-refractivity contribution >= 4 is 0 Å². The zero-order valence-electron chi connectivity index (χ0n) is 14.7. The largest absolute Gasteiger partial charge is 0.374 e. The fourth-order valence-electron chi connectivity index (χ4n) is 3.53. The zero-order valence-corrected chi connectivity index (χ0v) is 14.7. The Morgan fingerprint density at radius 2 is 1.60 bits per heavy atom. The number of nitrogens with one attached hydrogen (secondary N) is 1. The lowest BCUT2D eigenvalue weighted by molar-refractivity contribution is -0.108. The minimum atomic E-state index is 0.0785. The third-order valence-corrected chi connectivity index (χ3v) is 5.00. The van der Waals surface area contributed by atoms with E-state index in [0.717, 1.165) is 19.1 Å². The Hall–Kier alpha value is -0.0800. The number of hydrogen-bond donors (Lipinski definition) is 1. The SMILES string of the molecule is CCNC(CCC(C)C)C1(OCC)CCC(C)(C)CC1. The van der Waals surface area contributed by atoms with Crippen molar-refractivity contribution in [2.75, 3.05) is 13.2 Å². The van der Waals surface area contributed by atoms with E-state index in [-0.39, 0.29) is 5.60 Å². The predicted molar refractivity (Wildman–Crippen MR) is 88.1 cm³/mol. The maximum absolute atomic E-state index is 6.35. The molecule has 0 spiro atoms. The van der Waals surface area contributed by atoms with Crippen molar-refractivity contribution in [3.63, 3.8) is 0 Å². The van der Waals surface area contributed by atoms with Gasteiger partial charge < -0.3 is 10.1 Å². The molecule has 0 aliphatic heterocycles. The molecule has 1 fully saturated rings. The van der Waals surface area contributed by atoms with Crippen LogP contribution in [-0.4, -0.2) is 24.8 Å². The summed E-state index contributed by atoms with van der Waals surface area (Å²) in [5.41, 5.74) is 0.574. The van der Waals surface area contributed by atoms with Gasteiger partial charge in [-0.1, -0.05) is 34.6 Å². The molecule has 1 rings (SSSR count). The standard InChI is InChI=1S/C18H37NO/c1-7-19-16(10-9-15(3)4)18(20-8-2)13-11-17(5,6)12-14-18/h15-16,19H,7-14H2,1-6H3. The van der Waals surface area contributed by atoms with Crippen LogP contribution in [0.15, 0.2) is 0 Å². The minimum absolute atomic E-state index is 0.0785. The van der Waals surface area contributed by atoms with Gasteiger partial charge in [0.05, 0.1) is 5.60 Å². The molecular formula is C18H37NO. The van der Waals surface area contributed by atoms with Gasteiger partial charge in [-0.15, -0.1) is 0 Å². The highest BCUT2D eigenvalue weighted by Gasteiger charge is 2.44. The van der Waals surface area contributed by atoms with Gasteiger partial charge in [-0.05, 0) is 63.3 Å². The van der Waals surface area contributed by atoms with Gasteiger partial charge in [-0.25, -0.2) is 0 Å². The quantitative estimate of drug-likeness (QED) is 0.692. The first-order valence-electron chi connectivity index (χ1n) is 8.72. The van der Waals surface area contributed by atoms with Gasteiger partial charge in [0.2, 0.25) is 0 Å². The van der Waals surface area contributed by atoms with Gasteiger partial charge in [0.1, 0.15) is 0 Å². The molecule has 1 aliphatic carbocycles. The average molecular weight is 284 g/mol. The van der Waals surface area contributed by atoms with Crippen LogP contribution >= 0.6 is 0 Å². The van der Waals surface area contributed by atoms with Crippen molar-refractivity contribution in [1.82, 2.24) is 5.32 Å². The van der Waals surface area contributed by atoms with Gasteiger partial charge >= 0.3 is 0 Å². The molecule has 0 saturated heterocycles. The van der Waals surface area contributed by atoms with Crippen molar-refractivity contribution in [2.45, 2.75) is 91.7 Å². The van der Waals surface area contributed by atoms with Crippen molar-refractivity contribution < 1.29 is 4.74 Å². The molecule has 0 radical (unpaired) electrons. The maximum Gasteiger partial charge on any atom is 0.0834 e. The van der Waals surface area contributed by atoms with E-state index in [1.165, 1.54) is 38.5 Å². The van der Waals surface area contributed by atoms with Crippen molar-refractivity contribution in [3.8, 4) is 0 Å². The van der Waals surface area contributed by atoms with E-state index in [9.17, 15) is 0 Å². The van der Waals surface area contributed by atoms with E-state index in [0.29, 0.717) is 11.5 Å². The molecule has 0 heterocycles. The molecular weight excluding hydrogens is 246 g/mol. The fourth-order valence-corrected chi connectivity index (χ4v) is 3.53. The molecule has 120 valence electrons. The van der Waals surface area contributed by atoms with Crippen LogP contribution in [0.3, 0.4) is 0 Å². The molecule has 0 amide bonds. The summed E-state index contributed by atoms with van der Waals surface area (Å²) in [6, 6.07) is 0.519. The smallest absolute Gasteiger partial charge is 0.0834 e. The third kappa shape index (κ3) is 5.04. The lowest BCUT2D eigenvalue weighted by Gasteiger charge is -2.48. The van der Waals surface area contributed by atoms with Crippen molar-refractivity contribution in [1.29, 1.82) is 0 Å². The van der Waals surface area contributed by atoms with Gasteiger partial charge in [0.15, 0.2) is 0 Å². The molecule has 1 saturated carbocycles. The molecule has 1 atom stereocenters. The second-order valence-electron chi connectivity index (χ2n) is 7.74. The van der Waals surface area contributed by atoms with Crippen molar-refractivity contribution in [2.24, 2.45) is 11.3 Å². The number of rotatable bonds is 8. The first kappa shape index (κ1) is 18.0. The summed E-state index contributed by atoms with van der Waals surface area (Å²) in [7, 11) is 0. The van der Waals surface area contributed by atoms with Gasteiger partial charge in [0.25, 0.3) is 0 Å². The molecule has 0 aromatic carbocycles. The topological polar surface area (TPSA) is 21.3 Å². The monoisotopic (exact) mass is 283 g/mol. The Labute approximate surface area is 127 Å². The van der Waals surface area contributed by atoms with E-state index < -0.39 is 0 Å². The Morgan fingerprint density at radius 3 is 2.05 bits per heavy atom. The lowest BCUT2D eigenvalue weighted by Crippen LogP contribution is -2.55.